The third-order valence-electron chi connectivity index (χ3n) is 2.04. The zero-order valence-electron chi connectivity index (χ0n) is 9.50. The topological polar surface area (TPSA) is 29.1 Å². The Bertz CT molecular complexity index is 339. The maximum absolute atomic E-state index is 11.6. The first-order valence-corrected chi connectivity index (χ1v) is 7.00. The summed E-state index contributed by atoms with van der Waals surface area (Å²) in [6.45, 7) is 4.73. The van der Waals surface area contributed by atoms with E-state index in [9.17, 15) is 4.79 Å². The molecule has 0 aromatic heterocycles. The second kappa shape index (κ2) is 6.97. The third-order valence-corrected chi connectivity index (χ3v) is 3.69. The molecule has 1 rings (SSSR count). The molecule has 1 amide bonds. The van der Waals surface area contributed by atoms with Gasteiger partial charge in [-0.05, 0) is 37.6 Å². The van der Waals surface area contributed by atoms with Gasteiger partial charge in [0.2, 0.25) is 5.91 Å². The summed E-state index contributed by atoms with van der Waals surface area (Å²) in [7, 11) is 0. The van der Waals surface area contributed by atoms with Gasteiger partial charge in [-0.15, -0.1) is 11.8 Å². The van der Waals surface area contributed by atoms with Crippen LogP contribution in [0.1, 0.15) is 20.3 Å². The van der Waals surface area contributed by atoms with E-state index in [1.165, 1.54) is 0 Å². The summed E-state index contributed by atoms with van der Waals surface area (Å²) in [4.78, 5) is 12.7. The van der Waals surface area contributed by atoms with E-state index in [0.717, 1.165) is 22.3 Å². The van der Waals surface area contributed by atoms with Gasteiger partial charge in [0.05, 0.1) is 5.25 Å². The van der Waals surface area contributed by atoms with Crippen LogP contribution in [-0.4, -0.2) is 17.7 Å². The first kappa shape index (κ1) is 13.6. The number of nitrogens with one attached hydrogen (secondary N) is 1. The number of halogens is 1. The molecule has 0 saturated carbocycles. The van der Waals surface area contributed by atoms with E-state index in [0.29, 0.717) is 0 Å². The molecule has 1 unspecified atom stereocenters. The summed E-state index contributed by atoms with van der Waals surface area (Å²) in [5.74, 6) is 0.106. The van der Waals surface area contributed by atoms with Crippen LogP contribution in [-0.2, 0) is 4.79 Å². The van der Waals surface area contributed by atoms with Crippen LogP contribution < -0.4 is 5.32 Å². The van der Waals surface area contributed by atoms with E-state index in [2.05, 4.69) is 21.2 Å². The average Bonchev–Trinajstić information content (AvgIpc) is 2.29. The van der Waals surface area contributed by atoms with Crippen LogP contribution in [0.3, 0.4) is 0 Å². The molecule has 0 aliphatic rings. The second-order valence-electron chi connectivity index (χ2n) is 3.51. The van der Waals surface area contributed by atoms with E-state index in [1.54, 1.807) is 11.8 Å². The van der Waals surface area contributed by atoms with Gasteiger partial charge in [0.25, 0.3) is 0 Å². The van der Waals surface area contributed by atoms with Gasteiger partial charge < -0.3 is 5.32 Å². The zero-order chi connectivity index (χ0) is 12.0. The standard InChI is InChI=1S/C12H16BrNOS/c1-3-8-14-12(15)9(2)16-11-6-4-10(13)5-7-11/h4-7,9H,3,8H2,1-2H3,(H,14,15). The lowest BCUT2D eigenvalue weighted by molar-refractivity contribution is -0.120. The Kier molecular flexibility index (Phi) is 5.91. The predicted octanol–water partition coefficient (Wildman–Crippen LogP) is 3.46. The molecule has 88 valence electrons. The van der Waals surface area contributed by atoms with Gasteiger partial charge in [-0.25, -0.2) is 0 Å². The summed E-state index contributed by atoms with van der Waals surface area (Å²) < 4.78 is 1.06. The van der Waals surface area contributed by atoms with Crippen molar-refractivity contribution < 1.29 is 4.79 Å². The first-order chi connectivity index (χ1) is 7.63. The second-order valence-corrected chi connectivity index (χ2v) is 5.83. The molecule has 0 heterocycles. The fourth-order valence-corrected chi connectivity index (χ4v) is 2.32. The Hall–Kier alpha value is -0.480. The maximum Gasteiger partial charge on any atom is 0.233 e. The van der Waals surface area contributed by atoms with Crippen LogP contribution >= 0.6 is 27.7 Å². The van der Waals surface area contributed by atoms with E-state index >= 15 is 0 Å². The minimum atomic E-state index is -0.0484. The van der Waals surface area contributed by atoms with Gasteiger partial charge in [-0.2, -0.15) is 0 Å². The zero-order valence-corrected chi connectivity index (χ0v) is 11.9. The lowest BCUT2D eigenvalue weighted by Gasteiger charge is -2.11. The SMILES string of the molecule is CCCNC(=O)C(C)Sc1ccc(Br)cc1. The van der Waals surface area contributed by atoms with Crippen molar-refractivity contribution in [3.63, 3.8) is 0 Å². The number of hydrogen-bond acceptors (Lipinski definition) is 2. The predicted molar refractivity (Wildman–Crippen MR) is 72.8 cm³/mol. The Morgan fingerprint density at radius 1 is 1.44 bits per heavy atom. The Balaban J connectivity index is 2.47. The first-order valence-electron chi connectivity index (χ1n) is 5.33. The number of carbonyl (C=O) groups excluding carboxylic acids is 1. The number of carbonyl (C=O) groups is 1. The number of benzene rings is 1. The van der Waals surface area contributed by atoms with E-state index in [-0.39, 0.29) is 11.2 Å². The fourth-order valence-electron chi connectivity index (χ4n) is 1.16. The van der Waals surface area contributed by atoms with Crippen molar-refractivity contribution in [1.29, 1.82) is 0 Å². The Labute approximate surface area is 109 Å². The molecule has 1 aromatic carbocycles. The highest BCUT2D eigenvalue weighted by Gasteiger charge is 2.13. The average molecular weight is 302 g/mol. The minimum absolute atomic E-state index is 0.0484. The monoisotopic (exact) mass is 301 g/mol. The van der Waals surface area contributed by atoms with Crippen molar-refractivity contribution in [3.8, 4) is 0 Å². The molecule has 1 aromatic rings. The number of hydrogen-bond donors (Lipinski definition) is 1. The largest absolute Gasteiger partial charge is 0.355 e. The number of thioether (sulfide) groups is 1. The quantitative estimate of drug-likeness (QED) is 0.844. The molecule has 0 fully saturated rings. The van der Waals surface area contributed by atoms with Crippen molar-refractivity contribution in [2.45, 2.75) is 30.4 Å². The Morgan fingerprint density at radius 2 is 2.06 bits per heavy atom. The molecule has 2 nitrogen and oxygen atoms in total. The summed E-state index contributed by atoms with van der Waals surface area (Å²) in [6, 6.07) is 7.99. The highest BCUT2D eigenvalue weighted by molar-refractivity contribution is 9.10. The van der Waals surface area contributed by atoms with Crippen LogP contribution in [0.25, 0.3) is 0 Å². The molecule has 0 aliphatic carbocycles. The third kappa shape index (κ3) is 4.58. The number of rotatable bonds is 5. The van der Waals surface area contributed by atoms with Crippen LogP contribution in [0.4, 0.5) is 0 Å². The van der Waals surface area contributed by atoms with E-state index in [1.807, 2.05) is 38.1 Å². The molecule has 16 heavy (non-hydrogen) atoms. The molecule has 0 saturated heterocycles. The van der Waals surface area contributed by atoms with Gasteiger partial charge in [-0.1, -0.05) is 22.9 Å². The molecule has 0 aliphatic heterocycles. The summed E-state index contributed by atoms with van der Waals surface area (Å²) in [5, 5.41) is 2.85. The highest BCUT2D eigenvalue weighted by Crippen LogP contribution is 2.24. The van der Waals surface area contributed by atoms with Gasteiger partial charge in [0.15, 0.2) is 0 Å². The minimum Gasteiger partial charge on any atom is -0.355 e. The molecule has 4 heteroatoms. The molecule has 0 spiro atoms. The van der Waals surface area contributed by atoms with E-state index in [4.69, 9.17) is 0 Å². The smallest absolute Gasteiger partial charge is 0.233 e. The molecule has 1 atom stereocenters. The van der Waals surface area contributed by atoms with Crippen LogP contribution in [0, 0.1) is 0 Å². The van der Waals surface area contributed by atoms with E-state index < -0.39 is 0 Å². The van der Waals surface area contributed by atoms with Crippen molar-refractivity contribution >= 4 is 33.6 Å². The fraction of sp³-hybridized carbons (Fsp3) is 0.417. The number of amides is 1. The molecule has 0 bridgehead atoms. The van der Waals surface area contributed by atoms with Crippen LogP contribution in [0.5, 0.6) is 0 Å². The molecule has 1 N–H and O–H groups in total. The lowest BCUT2D eigenvalue weighted by atomic mass is 10.4. The van der Waals surface area contributed by atoms with Crippen LogP contribution in [0.2, 0.25) is 0 Å². The normalized spacial score (nSPS) is 12.2. The lowest BCUT2D eigenvalue weighted by Crippen LogP contribution is -2.31. The highest BCUT2D eigenvalue weighted by atomic mass is 79.9. The van der Waals surface area contributed by atoms with Crippen molar-refractivity contribution in [3.05, 3.63) is 28.7 Å². The van der Waals surface area contributed by atoms with Gasteiger partial charge in [0, 0.05) is 15.9 Å². The van der Waals surface area contributed by atoms with Gasteiger partial charge in [0.1, 0.15) is 0 Å². The van der Waals surface area contributed by atoms with Crippen molar-refractivity contribution in [1.82, 2.24) is 5.32 Å². The van der Waals surface area contributed by atoms with Gasteiger partial charge >= 0.3 is 0 Å². The Morgan fingerprint density at radius 3 is 2.62 bits per heavy atom. The molecular formula is C12H16BrNOS. The van der Waals surface area contributed by atoms with Crippen LogP contribution in [0.15, 0.2) is 33.6 Å². The maximum atomic E-state index is 11.6. The van der Waals surface area contributed by atoms with Crippen molar-refractivity contribution in [2.75, 3.05) is 6.54 Å². The molecule has 0 radical (unpaired) electrons. The van der Waals surface area contributed by atoms with Crippen molar-refractivity contribution in [2.24, 2.45) is 0 Å². The summed E-state index contributed by atoms with van der Waals surface area (Å²) in [6.07, 6.45) is 0.974. The molecular weight excluding hydrogens is 286 g/mol. The van der Waals surface area contributed by atoms with Gasteiger partial charge in [-0.3, -0.25) is 4.79 Å². The summed E-state index contributed by atoms with van der Waals surface area (Å²) >= 11 is 4.96. The summed E-state index contributed by atoms with van der Waals surface area (Å²) in [5.41, 5.74) is 0.